The van der Waals surface area contributed by atoms with Gasteiger partial charge < -0.3 is 10.6 Å². The Hall–Kier alpha value is -3.81. The lowest BCUT2D eigenvalue weighted by Gasteiger charge is -2.12. The molecule has 1 aromatic heterocycles. The van der Waals surface area contributed by atoms with Gasteiger partial charge in [0.15, 0.2) is 5.78 Å². The van der Waals surface area contributed by atoms with Crippen LogP contribution in [0.4, 0.5) is 28.7 Å². The SMILES string of the molecule is CC(=O)c1cccc(Nc2ncnc(Nc3ccc(C)cc3C)c2[N+](=O)[O-])c1. The van der Waals surface area contributed by atoms with Crippen LogP contribution in [0.5, 0.6) is 0 Å². The second-order valence-electron chi connectivity index (χ2n) is 6.38. The van der Waals surface area contributed by atoms with Gasteiger partial charge in [-0.15, -0.1) is 0 Å². The molecule has 0 aliphatic heterocycles. The molecule has 2 aromatic carbocycles. The first-order valence-corrected chi connectivity index (χ1v) is 8.57. The smallest absolute Gasteiger partial charge is 0.334 e. The molecule has 0 amide bonds. The minimum Gasteiger partial charge on any atom is -0.334 e. The van der Waals surface area contributed by atoms with Crippen LogP contribution >= 0.6 is 0 Å². The van der Waals surface area contributed by atoms with Gasteiger partial charge in [0, 0.05) is 16.9 Å². The molecule has 8 nitrogen and oxygen atoms in total. The maximum atomic E-state index is 11.7. The number of anilines is 4. The van der Waals surface area contributed by atoms with Gasteiger partial charge in [-0.1, -0.05) is 29.8 Å². The van der Waals surface area contributed by atoms with Crippen LogP contribution in [0, 0.1) is 24.0 Å². The molecule has 8 heteroatoms. The largest absolute Gasteiger partial charge is 0.353 e. The number of hydrogen-bond donors (Lipinski definition) is 2. The lowest BCUT2D eigenvalue weighted by atomic mass is 10.1. The highest BCUT2D eigenvalue weighted by Crippen LogP contribution is 2.33. The molecule has 28 heavy (non-hydrogen) atoms. The van der Waals surface area contributed by atoms with Crippen molar-refractivity contribution in [3.63, 3.8) is 0 Å². The Balaban J connectivity index is 1.99. The molecule has 0 fully saturated rings. The third kappa shape index (κ3) is 4.12. The van der Waals surface area contributed by atoms with E-state index in [1.807, 2.05) is 32.0 Å². The zero-order chi connectivity index (χ0) is 20.3. The molecular weight excluding hydrogens is 358 g/mol. The quantitative estimate of drug-likeness (QED) is 0.364. The van der Waals surface area contributed by atoms with Crippen LogP contribution in [0.15, 0.2) is 48.8 Å². The Kier molecular flexibility index (Phi) is 5.30. The van der Waals surface area contributed by atoms with Crippen LogP contribution in [0.25, 0.3) is 0 Å². The third-order valence-corrected chi connectivity index (χ3v) is 4.17. The van der Waals surface area contributed by atoms with Crippen molar-refractivity contribution >= 4 is 34.5 Å². The number of nitrogens with one attached hydrogen (secondary N) is 2. The molecule has 1 heterocycles. The summed E-state index contributed by atoms with van der Waals surface area (Å²) in [6.45, 7) is 5.34. The predicted octanol–water partition coefficient (Wildman–Crippen LogP) is 4.69. The number of ketones is 1. The molecule has 3 rings (SSSR count). The normalized spacial score (nSPS) is 10.4. The number of rotatable bonds is 6. The second-order valence-corrected chi connectivity index (χ2v) is 6.38. The van der Waals surface area contributed by atoms with Crippen LogP contribution in [-0.2, 0) is 0 Å². The fourth-order valence-corrected chi connectivity index (χ4v) is 2.77. The maximum Gasteiger partial charge on any atom is 0.353 e. The Morgan fingerprint density at radius 3 is 2.39 bits per heavy atom. The number of carbonyl (C=O) groups excluding carboxylic acids is 1. The number of aryl methyl sites for hydroxylation is 2. The summed E-state index contributed by atoms with van der Waals surface area (Å²) in [5.74, 6) is 0.0168. The number of benzene rings is 2. The highest BCUT2D eigenvalue weighted by atomic mass is 16.6. The van der Waals surface area contributed by atoms with Gasteiger partial charge in [-0.3, -0.25) is 14.9 Å². The zero-order valence-electron chi connectivity index (χ0n) is 15.7. The lowest BCUT2D eigenvalue weighted by Crippen LogP contribution is -2.06. The van der Waals surface area contributed by atoms with E-state index in [-0.39, 0.29) is 23.1 Å². The molecule has 3 aromatic rings. The fourth-order valence-electron chi connectivity index (χ4n) is 2.77. The van der Waals surface area contributed by atoms with Gasteiger partial charge in [0.25, 0.3) is 0 Å². The van der Waals surface area contributed by atoms with Gasteiger partial charge in [-0.25, -0.2) is 9.97 Å². The van der Waals surface area contributed by atoms with Crippen LogP contribution in [0.3, 0.4) is 0 Å². The summed E-state index contributed by atoms with van der Waals surface area (Å²) in [7, 11) is 0. The first kappa shape index (κ1) is 19.0. The monoisotopic (exact) mass is 377 g/mol. The first-order valence-electron chi connectivity index (χ1n) is 8.57. The Labute approximate surface area is 161 Å². The molecule has 0 unspecified atom stereocenters. The van der Waals surface area contributed by atoms with E-state index in [9.17, 15) is 14.9 Å². The lowest BCUT2D eigenvalue weighted by molar-refractivity contribution is -0.383. The van der Waals surface area contributed by atoms with E-state index in [0.717, 1.165) is 16.8 Å². The van der Waals surface area contributed by atoms with Gasteiger partial charge >= 0.3 is 5.69 Å². The van der Waals surface area contributed by atoms with Crippen molar-refractivity contribution in [3.05, 3.63) is 75.6 Å². The Bertz CT molecular complexity index is 1070. The summed E-state index contributed by atoms with van der Waals surface area (Å²) in [6.07, 6.45) is 1.25. The molecule has 0 spiro atoms. The number of Topliss-reactive ketones (excluding diaryl/α,β-unsaturated/α-hetero) is 1. The second kappa shape index (κ2) is 7.83. The molecule has 0 atom stereocenters. The van der Waals surface area contributed by atoms with Crippen molar-refractivity contribution in [1.82, 2.24) is 9.97 Å². The van der Waals surface area contributed by atoms with Gasteiger partial charge in [-0.05, 0) is 44.5 Å². The summed E-state index contributed by atoms with van der Waals surface area (Å²) in [5.41, 5.74) is 3.49. The molecule has 2 N–H and O–H groups in total. The molecule has 0 aliphatic rings. The maximum absolute atomic E-state index is 11.7. The highest BCUT2D eigenvalue weighted by molar-refractivity contribution is 5.95. The minimum atomic E-state index is -0.539. The molecule has 142 valence electrons. The van der Waals surface area contributed by atoms with E-state index in [1.54, 1.807) is 24.3 Å². The number of aromatic nitrogens is 2. The van der Waals surface area contributed by atoms with Crippen molar-refractivity contribution < 1.29 is 9.72 Å². The average Bonchev–Trinajstić information content (AvgIpc) is 2.64. The average molecular weight is 377 g/mol. The van der Waals surface area contributed by atoms with Gasteiger partial charge in [-0.2, -0.15) is 0 Å². The van der Waals surface area contributed by atoms with E-state index in [4.69, 9.17) is 0 Å². The third-order valence-electron chi connectivity index (χ3n) is 4.17. The summed E-state index contributed by atoms with van der Waals surface area (Å²) in [4.78, 5) is 30.8. The zero-order valence-corrected chi connectivity index (χ0v) is 15.7. The van der Waals surface area contributed by atoms with Crippen molar-refractivity contribution in [2.24, 2.45) is 0 Å². The number of nitro groups is 1. The van der Waals surface area contributed by atoms with Crippen LogP contribution in [-0.4, -0.2) is 20.7 Å². The summed E-state index contributed by atoms with van der Waals surface area (Å²) in [6, 6.07) is 12.4. The van der Waals surface area contributed by atoms with Crippen molar-refractivity contribution in [2.45, 2.75) is 20.8 Å². The van der Waals surface area contributed by atoms with Crippen LogP contribution in [0.1, 0.15) is 28.4 Å². The molecule has 0 radical (unpaired) electrons. The van der Waals surface area contributed by atoms with Gasteiger partial charge in [0.2, 0.25) is 11.6 Å². The predicted molar refractivity (Wildman–Crippen MR) is 108 cm³/mol. The van der Waals surface area contributed by atoms with Crippen molar-refractivity contribution in [2.75, 3.05) is 10.6 Å². The molecular formula is C20H19N5O3. The van der Waals surface area contributed by atoms with Crippen molar-refractivity contribution in [3.8, 4) is 0 Å². The summed E-state index contributed by atoms with van der Waals surface area (Å²) < 4.78 is 0. The standard InChI is InChI=1S/C20H19N5O3/c1-12-7-8-17(13(2)9-12)24-20-18(25(27)28)19(21-11-22-20)23-16-6-4-5-15(10-16)14(3)26/h4-11H,1-3H3,(H2,21,22,23,24). The van der Waals surface area contributed by atoms with Crippen molar-refractivity contribution in [1.29, 1.82) is 0 Å². The summed E-state index contributed by atoms with van der Waals surface area (Å²) in [5, 5.41) is 17.7. The van der Waals surface area contributed by atoms with E-state index >= 15 is 0 Å². The Morgan fingerprint density at radius 2 is 1.75 bits per heavy atom. The number of hydrogen-bond acceptors (Lipinski definition) is 7. The van der Waals surface area contributed by atoms with E-state index < -0.39 is 4.92 Å². The molecule has 0 saturated carbocycles. The minimum absolute atomic E-state index is 0.0352. The van der Waals surface area contributed by atoms with E-state index in [1.165, 1.54) is 13.3 Å². The highest BCUT2D eigenvalue weighted by Gasteiger charge is 2.23. The Morgan fingerprint density at radius 1 is 1.04 bits per heavy atom. The molecule has 0 saturated heterocycles. The van der Waals surface area contributed by atoms with E-state index in [0.29, 0.717) is 11.3 Å². The van der Waals surface area contributed by atoms with Gasteiger partial charge in [0.1, 0.15) is 6.33 Å². The first-order chi connectivity index (χ1) is 13.3. The topological polar surface area (TPSA) is 110 Å². The van der Waals surface area contributed by atoms with Crippen LogP contribution in [0.2, 0.25) is 0 Å². The number of carbonyl (C=O) groups is 1. The molecule has 0 bridgehead atoms. The number of nitrogens with zero attached hydrogens (tertiary/aromatic N) is 3. The van der Waals surface area contributed by atoms with Crippen LogP contribution < -0.4 is 10.6 Å². The van der Waals surface area contributed by atoms with Gasteiger partial charge in [0.05, 0.1) is 4.92 Å². The van der Waals surface area contributed by atoms with E-state index in [2.05, 4.69) is 20.6 Å². The fraction of sp³-hybridized carbons (Fsp3) is 0.150. The molecule has 0 aliphatic carbocycles. The summed E-state index contributed by atoms with van der Waals surface area (Å²) >= 11 is 0.